The maximum absolute atomic E-state index is 12.2. The molecule has 0 saturated heterocycles. The van der Waals surface area contributed by atoms with Crippen LogP contribution in [0.3, 0.4) is 0 Å². The minimum absolute atomic E-state index is 0.00419. The number of carbonyl (C=O) groups is 2. The van der Waals surface area contributed by atoms with Crippen LogP contribution in [0.25, 0.3) is 0 Å². The van der Waals surface area contributed by atoms with Crippen molar-refractivity contribution in [3.63, 3.8) is 0 Å². The van der Waals surface area contributed by atoms with Gasteiger partial charge in [-0.1, -0.05) is 12.1 Å². The number of aromatic amines is 1. The maximum atomic E-state index is 12.2. The molecule has 1 aliphatic rings. The Bertz CT molecular complexity index is 884. The smallest absolute Gasteiger partial charge is 0.391 e. The number of halogens is 3. The molecule has 0 fully saturated rings. The van der Waals surface area contributed by atoms with Gasteiger partial charge in [0.05, 0.1) is 37.1 Å². The molecule has 8 nitrogen and oxygen atoms in total. The molecule has 1 aromatic carbocycles. The highest BCUT2D eigenvalue weighted by Gasteiger charge is 2.36. The number of primary amides is 1. The lowest BCUT2D eigenvalue weighted by molar-refractivity contribution is -0.163. The summed E-state index contributed by atoms with van der Waals surface area (Å²) in [5.41, 5.74) is 7.03. The number of fused-ring (bicyclic) bond motifs is 1. The Balaban J connectivity index is 0.000000225. The zero-order valence-electron chi connectivity index (χ0n) is 17.2. The summed E-state index contributed by atoms with van der Waals surface area (Å²) in [6.07, 6.45) is -5.05. The summed E-state index contributed by atoms with van der Waals surface area (Å²) < 4.78 is 47.1. The standard InChI is InChI=1S/C11H15NO2.C9H10F3N3O2/c1-12(2)10-6-3-4-7-11(10)14-9-5-8-13;10-9(11,12)2-4-1-5-6(3-17-4)14-15-7(5)8(13)16/h3-4,6-8H,5,9H2,1-2H3;4H,1-3H2,(H2,13,16)(H,14,15). The normalized spacial score (nSPS) is 15.3. The van der Waals surface area contributed by atoms with Crippen molar-refractivity contribution in [2.24, 2.45) is 5.73 Å². The summed E-state index contributed by atoms with van der Waals surface area (Å²) in [6.45, 7) is 0.421. The third-order valence-electron chi connectivity index (χ3n) is 4.38. The highest BCUT2D eigenvalue weighted by atomic mass is 19.4. The van der Waals surface area contributed by atoms with Gasteiger partial charge < -0.3 is 24.9 Å². The number of H-pyrrole nitrogens is 1. The number of aromatic nitrogens is 2. The summed E-state index contributed by atoms with van der Waals surface area (Å²) in [5.74, 6) is 0.0644. The lowest BCUT2D eigenvalue weighted by atomic mass is 10.0. The summed E-state index contributed by atoms with van der Waals surface area (Å²) >= 11 is 0. The number of amides is 1. The van der Waals surface area contributed by atoms with Gasteiger partial charge in [-0.15, -0.1) is 0 Å². The molecule has 0 spiro atoms. The fraction of sp³-hybridized carbons (Fsp3) is 0.450. The van der Waals surface area contributed by atoms with E-state index in [9.17, 15) is 22.8 Å². The Kier molecular flexibility index (Phi) is 8.43. The first-order valence-corrected chi connectivity index (χ1v) is 9.49. The SMILES string of the molecule is CN(C)c1ccccc1OCCC=O.NC(=O)c1n[nH]c2c1CC(CC(F)(F)F)OC2. The van der Waals surface area contributed by atoms with Crippen LogP contribution in [0, 0.1) is 0 Å². The van der Waals surface area contributed by atoms with E-state index < -0.39 is 24.6 Å². The minimum Gasteiger partial charge on any atom is -0.491 e. The first kappa shape index (κ1) is 24.2. The van der Waals surface area contributed by atoms with Gasteiger partial charge in [0.25, 0.3) is 5.91 Å². The topological polar surface area (TPSA) is 111 Å². The third-order valence-corrected chi connectivity index (χ3v) is 4.38. The van der Waals surface area contributed by atoms with Crippen molar-refractivity contribution in [1.82, 2.24) is 10.2 Å². The summed E-state index contributed by atoms with van der Waals surface area (Å²) in [7, 11) is 3.92. The first-order valence-electron chi connectivity index (χ1n) is 9.49. The second-order valence-corrected chi connectivity index (χ2v) is 7.02. The molecular formula is C20H25F3N4O4. The Morgan fingerprint density at radius 1 is 1.39 bits per heavy atom. The Morgan fingerprint density at radius 2 is 2.10 bits per heavy atom. The number of hydrogen-bond donors (Lipinski definition) is 2. The van der Waals surface area contributed by atoms with E-state index in [0.717, 1.165) is 17.7 Å². The number of aldehydes is 1. The van der Waals surface area contributed by atoms with Gasteiger partial charge in [0, 0.05) is 32.5 Å². The van der Waals surface area contributed by atoms with E-state index in [-0.39, 0.29) is 18.7 Å². The molecule has 1 atom stereocenters. The number of nitrogens with two attached hydrogens (primary N) is 1. The average molecular weight is 442 g/mol. The van der Waals surface area contributed by atoms with E-state index >= 15 is 0 Å². The molecule has 31 heavy (non-hydrogen) atoms. The van der Waals surface area contributed by atoms with E-state index in [1.54, 1.807) is 0 Å². The van der Waals surface area contributed by atoms with Crippen LogP contribution < -0.4 is 15.4 Å². The predicted octanol–water partition coefficient (Wildman–Crippen LogP) is 2.62. The van der Waals surface area contributed by atoms with Crippen LogP contribution in [0.1, 0.15) is 34.6 Å². The molecule has 1 unspecified atom stereocenters. The summed E-state index contributed by atoms with van der Waals surface area (Å²) in [4.78, 5) is 23.1. The van der Waals surface area contributed by atoms with E-state index in [0.29, 0.717) is 24.3 Å². The highest BCUT2D eigenvalue weighted by molar-refractivity contribution is 5.92. The molecule has 0 bridgehead atoms. The fourth-order valence-corrected chi connectivity index (χ4v) is 2.99. The van der Waals surface area contributed by atoms with Gasteiger partial charge in [0.15, 0.2) is 5.69 Å². The third kappa shape index (κ3) is 7.28. The van der Waals surface area contributed by atoms with Crippen molar-refractivity contribution in [2.45, 2.75) is 38.1 Å². The molecule has 170 valence electrons. The zero-order chi connectivity index (χ0) is 23.0. The highest BCUT2D eigenvalue weighted by Crippen LogP contribution is 2.30. The molecule has 2 heterocycles. The summed E-state index contributed by atoms with van der Waals surface area (Å²) in [6, 6.07) is 7.77. The van der Waals surface area contributed by atoms with Crippen LogP contribution in [0.5, 0.6) is 5.75 Å². The number of nitrogens with one attached hydrogen (secondary N) is 1. The van der Waals surface area contributed by atoms with Gasteiger partial charge in [-0.2, -0.15) is 18.3 Å². The lowest BCUT2D eigenvalue weighted by Crippen LogP contribution is -2.29. The van der Waals surface area contributed by atoms with Gasteiger partial charge in [-0.05, 0) is 12.1 Å². The fourth-order valence-electron chi connectivity index (χ4n) is 2.99. The molecule has 3 N–H and O–H groups in total. The largest absolute Gasteiger partial charge is 0.491 e. The maximum Gasteiger partial charge on any atom is 0.391 e. The molecule has 0 radical (unpaired) electrons. The van der Waals surface area contributed by atoms with Gasteiger partial charge in [0.1, 0.15) is 12.0 Å². The molecule has 1 aliphatic heterocycles. The zero-order valence-corrected chi connectivity index (χ0v) is 17.2. The molecule has 0 saturated carbocycles. The Labute approximate surface area is 177 Å². The number of anilines is 1. The molecular weight excluding hydrogens is 417 g/mol. The molecule has 1 amide bonds. The van der Waals surface area contributed by atoms with E-state index in [1.807, 2.05) is 43.3 Å². The minimum atomic E-state index is -4.29. The number of ether oxygens (including phenoxy) is 2. The number of carbonyl (C=O) groups excluding carboxylic acids is 2. The quantitative estimate of drug-likeness (QED) is 0.504. The molecule has 3 rings (SSSR count). The van der Waals surface area contributed by atoms with E-state index in [4.69, 9.17) is 15.2 Å². The number of hydrogen-bond acceptors (Lipinski definition) is 6. The first-order chi connectivity index (χ1) is 14.6. The van der Waals surface area contributed by atoms with Gasteiger partial charge in [-0.25, -0.2) is 0 Å². The van der Waals surface area contributed by atoms with Gasteiger partial charge >= 0.3 is 6.18 Å². The summed E-state index contributed by atoms with van der Waals surface area (Å²) in [5, 5.41) is 6.20. The predicted molar refractivity (Wildman–Crippen MR) is 107 cm³/mol. The van der Waals surface area contributed by atoms with Crippen molar-refractivity contribution < 1.29 is 32.2 Å². The Hall–Kier alpha value is -3.08. The number of alkyl halides is 3. The van der Waals surface area contributed by atoms with Crippen molar-refractivity contribution in [3.05, 3.63) is 41.2 Å². The van der Waals surface area contributed by atoms with Crippen molar-refractivity contribution in [1.29, 1.82) is 0 Å². The van der Waals surface area contributed by atoms with E-state index in [1.165, 1.54) is 0 Å². The van der Waals surface area contributed by atoms with Gasteiger partial charge in [-0.3, -0.25) is 9.89 Å². The van der Waals surface area contributed by atoms with Crippen LogP contribution in [0.15, 0.2) is 24.3 Å². The monoisotopic (exact) mass is 442 g/mol. The van der Waals surface area contributed by atoms with Crippen molar-refractivity contribution in [3.8, 4) is 5.75 Å². The number of rotatable bonds is 7. The second-order valence-electron chi connectivity index (χ2n) is 7.02. The van der Waals surface area contributed by atoms with Crippen LogP contribution in [-0.4, -0.2) is 55.4 Å². The van der Waals surface area contributed by atoms with Crippen molar-refractivity contribution in [2.75, 3.05) is 25.6 Å². The van der Waals surface area contributed by atoms with E-state index in [2.05, 4.69) is 10.2 Å². The number of para-hydroxylation sites is 2. The van der Waals surface area contributed by atoms with Crippen LogP contribution >= 0.6 is 0 Å². The van der Waals surface area contributed by atoms with Gasteiger partial charge in [0.2, 0.25) is 0 Å². The molecule has 2 aromatic rings. The van der Waals surface area contributed by atoms with Crippen LogP contribution in [-0.2, 0) is 22.6 Å². The average Bonchev–Trinajstić information content (AvgIpc) is 3.11. The van der Waals surface area contributed by atoms with Crippen LogP contribution in [0.4, 0.5) is 18.9 Å². The molecule has 11 heteroatoms. The molecule has 1 aromatic heterocycles. The lowest BCUT2D eigenvalue weighted by Gasteiger charge is -2.23. The Morgan fingerprint density at radius 3 is 2.71 bits per heavy atom. The number of benzene rings is 1. The number of nitrogens with zero attached hydrogens (tertiary/aromatic N) is 2. The van der Waals surface area contributed by atoms with Crippen molar-refractivity contribution >= 4 is 17.9 Å². The van der Waals surface area contributed by atoms with Crippen LogP contribution in [0.2, 0.25) is 0 Å². The molecule has 0 aliphatic carbocycles. The second kappa shape index (κ2) is 10.8.